The quantitative estimate of drug-likeness (QED) is 0.505. The molecule has 0 heterocycles. The normalized spacial score (nSPS) is 11.4. The van der Waals surface area contributed by atoms with Crippen LogP contribution in [-0.4, -0.2) is 26.2 Å². The molecule has 0 aliphatic carbocycles. The molecule has 2 aromatic carbocycles. The van der Waals surface area contributed by atoms with Gasteiger partial charge >= 0.3 is 0 Å². The van der Waals surface area contributed by atoms with Crippen LogP contribution in [0.3, 0.4) is 0 Å². The smallest absolute Gasteiger partial charge is 0.0366 e. The van der Waals surface area contributed by atoms with E-state index in [1.807, 2.05) is 0 Å². The third kappa shape index (κ3) is 5.52. The van der Waals surface area contributed by atoms with Gasteiger partial charge in [0.25, 0.3) is 0 Å². The van der Waals surface area contributed by atoms with Gasteiger partial charge in [-0.2, -0.15) is 0 Å². The molecule has 2 nitrogen and oxygen atoms in total. The molecule has 0 spiro atoms. The van der Waals surface area contributed by atoms with Gasteiger partial charge in [0.1, 0.15) is 0 Å². The molecule has 0 radical (unpaired) electrons. The van der Waals surface area contributed by atoms with Crippen molar-refractivity contribution in [2.75, 3.05) is 36.0 Å². The van der Waals surface area contributed by atoms with Crippen molar-refractivity contribution in [3.05, 3.63) is 71.8 Å². The first kappa shape index (κ1) is 19.8. The first-order chi connectivity index (χ1) is 12.7. The van der Waals surface area contributed by atoms with Crippen LogP contribution in [0.2, 0.25) is 0 Å². The molecule has 0 amide bonds. The van der Waals surface area contributed by atoms with Crippen molar-refractivity contribution in [3.63, 3.8) is 0 Å². The average molecular weight is 349 g/mol. The predicted molar refractivity (Wildman–Crippen MR) is 118 cm³/mol. The van der Waals surface area contributed by atoms with E-state index in [0.717, 1.165) is 26.2 Å². The van der Waals surface area contributed by atoms with E-state index in [1.54, 1.807) is 0 Å². The zero-order valence-corrected chi connectivity index (χ0v) is 16.7. The summed E-state index contributed by atoms with van der Waals surface area (Å²) in [6, 6.07) is 17.5. The van der Waals surface area contributed by atoms with E-state index in [9.17, 15) is 0 Å². The Bertz CT molecular complexity index is 624. The lowest BCUT2D eigenvalue weighted by Crippen LogP contribution is -2.21. The first-order valence-electron chi connectivity index (χ1n) is 9.76. The van der Waals surface area contributed by atoms with Crippen molar-refractivity contribution in [1.29, 1.82) is 0 Å². The van der Waals surface area contributed by atoms with Crippen LogP contribution in [0.4, 0.5) is 11.4 Å². The maximum absolute atomic E-state index is 2.36. The first-order valence-corrected chi connectivity index (χ1v) is 9.76. The number of anilines is 2. The van der Waals surface area contributed by atoms with Crippen molar-refractivity contribution >= 4 is 23.5 Å². The molecule has 0 N–H and O–H groups in total. The molecule has 2 aromatic rings. The molecule has 2 rings (SSSR count). The number of benzene rings is 2. The molecule has 26 heavy (non-hydrogen) atoms. The third-order valence-corrected chi connectivity index (χ3v) is 4.73. The molecule has 0 atom stereocenters. The summed E-state index contributed by atoms with van der Waals surface area (Å²) in [6.45, 7) is 12.9. The molecule has 2 heteroatoms. The van der Waals surface area contributed by atoms with Gasteiger partial charge in [0.15, 0.2) is 0 Å². The Balaban J connectivity index is 1.95. The standard InChI is InChI=1S/C24H32N2/c1-5-25(6-2)23-17-13-21(14-18-23)11-9-10-12-22-15-19-24(20-16-22)26(7-3)8-4/h9-20H,5-8H2,1-4H3/b11-9+,12-10+. The second kappa shape index (κ2) is 10.5. The predicted octanol–water partition coefficient (Wildman–Crippen LogP) is 6.11. The van der Waals surface area contributed by atoms with E-state index in [2.05, 4.69) is 110 Å². The molecular weight excluding hydrogens is 316 g/mol. The highest BCUT2D eigenvalue weighted by Crippen LogP contribution is 2.17. The van der Waals surface area contributed by atoms with Gasteiger partial charge in [0, 0.05) is 37.6 Å². The lowest BCUT2D eigenvalue weighted by molar-refractivity contribution is 0.866. The Kier molecular flexibility index (Phi) is 8.01. The lowest BCUT2D eigenvalue weighted by Gasteiger charge is -2.20. The monoisotopic (exact) mass is 348 g/mol. The van der Waals surface area contributed by atoms with Gasteiger partial charge in [-0.3, -0.25) is 0 Å². The molecule has 0 aromatic heterocycles. The summed E-state index contributed by atoms with van der Waals surface area (Å²) in [7, 11) is 0. The number of hydrogen-bond acceptors (Lipinski definition) is 2. The van der Waals surface area contributed by atoms with Gasteiger partial charge < -0.3 is 9.80 Å². The largest absolute Gasteiger partial charge is 0.372 e. The minimum atomic E-state index is 1.04. The zero-order chi connectivity index (χ0) is 18.8. The topological polar surface area (TPSA) is 6.48 Å². The van der Waals surface area contributed by atoms with Crippen LogP contribution in [-0.2, 0) is 0 Å². The van der Waals surface area contributed by atoms with E-state index in [0.29, 0.717) is 0 Å². The van der Waals surface area contributed by atoms with Gasteiger partial charge in [-0.1, -0.05) is 48.6 Å². The Morgan fingerprint density at radius 2 is 0.846 bits per heavy atom. The van der Waals surface area contributed by atoms with Crippen molar-refractivity contribution in [1.82, 2.24) is 0 Å². The Morgan fingerprint density at radius 3 is 1.12 bits per heavy atom. The van der Waals surface area contributed by atoms with Gasteiger partial charge in [-0.25, -0.2) is 0 Å². The molecule has 0 unspecified atom stereocenters. The van der Waals surface area contributed by atoms with Crippen LogP contribution in [0.15, 0.2) is 60.7 Å². The summed E-state index contributed by atoms with van der Waals surface area (Å²) in [5.74, 6) is 0. The van der Waals surface area contributed by atoms with E-state index in [4.69, 9.17) is 0 Å². The summed E-state index contributed by atoms with van der Waals surface area (Å²) in [5, 5.41) is 0. The molecule has 0 fully saturated rings. The van der Waals surface area contributed by atoms with Crippen LogP contribution in [0.25, 0.3) is 12.2 Å². The van der Waals surface area contributed by atoms with Crippen LogP contribution in [0, 0.1) is 0 Å². The second-order valence-electron chi connectivity index (χ2n) is 6.25. The number of nitrogens with zero attached hydrogens (tertiary/aromatic N) is 2. The SMILES string of the molecule is CCN(CC)c1ccc(/C=C/C=C/c2ccc(N(CC)CC)cc2)cc1. The number of hydrogen-bond donors (Lipinski definition) is 0. The summed E-state index contributed by atoms with van der Waals surface area (Å²) >= 11 is 0. The molecule has 0 saturated carbocycles. The summed E-state index contributed by atoms with van der Waals surface area (Å²) in [5.41, 5.74) is 5.02. The highest BCUT2D eigenvalue weighted by molar-refractivity contribution is 5.61. The van der Waals surface area contributed by atoms with E-state index < -0.39 is 0 Å². The fourth-order valence-corrected chi connectivity index (χ4v) is 3.10. The van der Waals surface area contributed by atoms with Crippen LogP contribution < -0.4 is 9.80 Å². The van der Waals surface area contributed by atoms with E-state index in [1.165, 1.54) is 22.5 Å². The van der Waals surface area contributed by atoms with Crippen molar-refractivity contribution in [3.8, 4) is 0 Å². The highest BCUT2D eigenvalue weighted by atomic mass is 15.1. The molecule has 0 bridgehead atoms. The van der Waals surface area contributed by atoms with Crippen LogP contribution in [0.5, 0.6) is 0 Å². The second-order valence-corrected chi connectivity index (χ2v) is 6.25. The number of allylic oxidation sites excluding steroid dienone is 2. The van der Waals surface area contributed by atoms with Gasteiger partial charge in [-0.15, -0.1) is 0 Å². The molecule has 0 saturated heterocycles. The lowest BCUT2D eigenvalue weighted by atomic mass is 10.1. The third-order valence-electron chi connectivity index (χ3n) is 4.73. The van der Waals surface area contributed by atoms with Gasteiger partial charge in [-0.05, 0) is 63.1 Å². The Morgan fingerprint density at radius 1 is 0.538 bits per heavy atom. The van der Waals surface area contributed by atoms with E-state index in [-0.39, 0.29) is 0 Å². The van der Waals surface area contributed by atoms with Crippen LogP contribution in [0.1, 0.15) is 38.8 Å². The Labute approximate surface area is 159 Å². The highest BCUT2D eigenvalue weighted by Gasteiger charge is 2.00. The van der Waals surface area contributed by atoms with Crippen molar-refractivity contribution < 1.29 is 0 Å². The zero-order valence-electron chi connectivity index (χ0n) is 16.7. The van der Waals surface area contributed by atoms with Crippen molar-refractivity contribution in [2.24, 2.45) is 0 Å². The molecular formula is C24H32N2. The summed E-state index contributed by atoms with van der Waals surface area (Å²) in [6.07, 6.45) is 8.50. The maximum atomic E-state index is 2.36. The summed E-state index contributed by atoms with van der Waals surface area (Å²) < 4.78 is 0. The fourth-order valence-electron chi connectivity index (χ4n) is 3.10. The molecule has 0 aliphatic rings. The maximum Gasteiger partial charge on any atom is 0.0366 e. The number of rotatable bonds is 9. The van der Waals surface area contributed by atoms with Crippen LogP contribution >= 0.6 is 0 Å². The van der Waals surface area contributed by atoms with Gasteiger partial charge in [0.2, 0.25) is 0 Å². The minimum Gasteiger partial charge on any atom is -0.372 e. The average Bonchev–Trinajstić information content (AvgIpc) is 2.69. The van der Waals surface area contributed by atoms with Gasteiger partial charge in [0.05, 0.1) is 0 Å². The van der Waals surface area contributed by atoms with E-state index >= 15 is 0 Å². The molecule has 0 aliphatic heterocycles. The fraction of sp³-hybridized carbons (Fsp3) is 0.333. The Hall–Kier alpha value is -2.48. The summed E-state index contributed by atoms with van der Waals surface area (Å²) in [4.78, 5) is 4.71. The van der Waals surface area contributed by atoms with Crippen molar-refractivity contribution in [2.45, 2.75) is 27.7 Å². The molecule has 138 valence electrons. The minimum absolute atomic E-state index is 1.04.